The van der Waals surface area contributed by atoms with Gasteiger partial charge in [0, 0.05) is 13.7 Å². The largest absolute Gasteiger partial charge is 0.454 e. The Kier molecular flexibility index (Phi) is 6.07. The molecule has 1 saturated carbocycles. The molecule has 2 N–H and O–H groups in total. The zero-order chi connectivity index (χ0) is 24.4. The normalized spacial score (nSPS) is 14.8. The number of amides is 2. The summed E-state index contributed by atoms with van der Waals surface area (Å²) in [7, 11) is 0. The van der Waals surface area contributed by atoms with Crippen molar-refractivity contribution in [3.63, 3.8) is 0 Å². The van der Waals surface area contributed by atoms with E-state index in [0.29, 0.717) is 18.9 Å². The average molecular weight is 475 g/mol. The minimum absolute atomic E-state index is 0. The molecular weight excluding hydrogens is 444 g/mol. The Morgan fingerprint density at radius 2 is 1.77 bits per heavy atom. The number of carbonyl (C=O) groups is 2. The predicted octanol–water partition coefficient (Wildman–Crippen LogP) is 5.55. The van der Waals surface area contributed by atoms with Crippen molar-refractivity contribution in [2.75, 3.05) is 18.7 Å². The molecule has 0 unspecified atom stereocenters. The lowest BCUT2D eigenvalue weighted by molar-refractivity contribution is -0.118. The van der Waals surface area contributed by atoms with Crippen LogP contribution in [-0.2, 0) is 21.5 Å². The Morgan fingerprint density at radius 1 is 1.00 bits per heavy atom. The van der Waals surface area contributed by atoms with Crippen LogP contribution in [0.3, 0.4) is 0 Å². The zero-order valence-corrected chi connectivity index (χ0v) is 19.9. The van der Waals surface area contributed by atoms with Crippen LogP contribution in [0.5, 0.6) is 11.5 Å². The lowest BCUT2D eigenvalue weighted by atomic mass is 9.94. The van der Waals surface area contributed by atoms with Crippen molar-refractivity contribution in [2.45, 2.75) is 38.6 Å². The van der Waals surface area contributed by atoms with Gasteiger partial charge >= 0.3 is 6.09 Å². The van der Waals surface area contributed by atoms with Crippen LogP contribution < -0.4 is 20.1 Å². The van der Waals surface area contributed by atoms with Crippen molar-refractivity contribution < 1.29 is 25.2 Å². The minimum atomic E-state index is -0.528. The molecule has 7 nitrogen and oxygen atoms in total. The first-order valence-corrected chi connectivity index (χ1v) is 11.8. The van der Waals surface area contributed by atoms with E-state index in [9.17, 15) is 9.59 Å². The summed E-state index contributed by atoms with van der Waals surface area (Å²) in [5.74, 6) is 1.41. The summed E-state index contributed by atoms with van der Waals surface area (Å²) in [5.41, 5.74) is 5.35. The molecule has 0 spiro atoms. The molecule has 1 fully saturated rings. The van der Waals surface area contributed by atoms with Crippen molar-refractivity contribution in [3.8, 4) is 22.6 Å². The zero-order valence-electron chi connectivity index (χ0n) is 19.9. The number of hydrogen-bond donors (Lipinski definition) is 2. The van der Waals surface area contributed by atoms with Crippen LogP contribution in [0.2, 0.25) is 0 Å². The molecule has 182 valence electrons. The first-order valence-electron chi connectivity index (χ1n) is 11.8. The molecule has 3 aromatic rings. The van der Waals surface area contributed by atoms with Gasteiger partial charge in [0.15, 0.2) is 11.5 Å². The molecule has 0 bridgehead atoms. The van der Waals surface area contributed by atoms with E-state index in [4.69, 9.17) is 14.2 Å². The molecule has 0 aromatic heterocycles. The SMILES string of the molecule is CCOC(=O)NCc1ccc(-c2cc(NC(=O)C3(c4ccc5c(c4)OCO5)CC3)ccc2C)cc1.[HH]. The Balaban J connectivity index is 0.00000304. The molecule has 2 amide bonds. The van der Waals surface area contributed by atoms with Gasteiger partial charge in [-0.3, -0.25) is 4.79 Å². The summed E-state index contributed by atoms with van der Waals surface area (Å²) in [6.45, 7) is 4.78. The van der Waals surface area contributed by atoms with Crippen molar-refractivity contribution >= 4 is 17.7 Å². The summed E-state index contributed by atoms with van der Waals surface area (Å²) in [4.78, 5) is 24.8. The maximum absolute atomic E-state index is 13.3. The number of rotatable bonds is 7. The van der Waals surface area contributed by atoms with E-state index in [-0.39, 0.29) is 14.1 Å². The number of carbonyl (C=O) groups excluding carboxylic acids is 2. The van der Waals surface area contributed by atoms with Crippen LogP contribution in [-0.4, -0.2) is 25.4 Å². The lowest BCUT2D eigenvalue weighted by Crippen LogP contribution is -2.27. The quantitative estimate of drug-likeness (QED) is 0.469. The molecule has 0 radical (unpaired) electrons. The standard InChI is InChI=1S/C28H28N2O5.H2/c1-3-33-27(32)29-16-19-5-7-20(8-6-19)23-15-22(10-4-18(23)2)30-26(31)28(12-13-28)21-9-11-24-25(14-21)35-17-34-24;/h4-11,14-15H,3,12-13,16-17H2,1-2H3,(H,29,32)(H,30,31);1H. The molecule has 7 heteroatoms. The number of nitrogens with one attached hydrogen (secondary N) is 2. The highest BCUT2D eigenvalue weighted by Gasteiger charge is 2.51. The van der Waals surface area contributed by atoms with Gasteiger partial charge in [0.2, 0.25) is 12.7 Å². The van der Waals surface area contributed by atoms with Crippen molar-refractivity contribution in [3.05, 3.63) is 77.4 Å². The van der Waals surface area contributed by atoms with Crippen LogP contribution in [0.15, 0.2) is 60.7 Å². The van der Waals surface area contributed by atoms with E-state index < -0.39 is 11.5 Å². The van der Waals surface area contributed by atoms with E-state index in [1.165, 1.54) is 0 Å². The first-order chi connectivity index (χ1) is 17.0. The average Bonchev–Trinajstić information content (AvgIpc) is 3.55. The fourth-order valence-electron chi connectivity index (χ4n) is 4.39. The molecular formula is C28H30N2O5. The van der Waals surface area contributed by atoms with Gasteiger partial charge in [0.05, 0.1) is 12.0 Å². The van der Waals surface area contributed by atoms with Gasteiger partial charge in [0.1, 0.15) is 0 Å². The van der Waals surface area contributed by atoms with Crippen molar-refractivity contribution in [1.82, 2.24) is 5.32 Å². The second-order valence-electron chi connectivity index (χ2n) is 8.90. The number of ether oxygens (including phenoxy) is 3. The van der Waals surface area contributed by atoms with Crippen molar-refractivity contribution in [1.29, 1.82) is 0 Å². The molecule has 35 heavy (non-hydrogen) atoms. The van der Waals surface area contributed by atoms with Crippen LogP contribution in [0.25, 0.3) is 11.1 Å². The number of alkyl carbamates (subject to hydrolysis) is 1. The topological polar surface area (TPSA) is 85.9 Å². The van der Waals surface area contributed by atoms with Crippen LogP contribution in [0.1, 0.15) is 37.9 Å². The lowest BCUT2D eigenvalue weighted by Gasteiger charge is -2.17. The number of hydrogen-bond acceptors (Lipinski definition) is 5. The third-order valence-corrected chi connectivity index (χ3v) is 6.58. The maximum atomic E-state index is 13.3. The molecule has 3 aromatic carbocycles. The molecule has 5 rings (SSSR count). The molecule has 1 heterocycles. The van der Waals surface area contributed by atoms with Gasteiger partial charge in [-0.2, -0.15) is 0 Å². The van der Waals surface area contributed by atoms with Crippen LogP contribution in [0, 0.1) is 6.92 Å². The molecule has 1 aliphatic heterocycles. The molecule has 0 atom stereocenters. The summed E-state index contributed by atoms with van der Waals surface area (Å²) in [5, 5.41) is 5.86. The molecule has 2 aliphatic rings. The second kappa shape index (κ2) is 9.33. The fraction of sp³-hybridized carbons (Fsp3) is 0.286. The predicted molar refractivity (Wildman–Crippen MR) is 135 cm³/mol. The second-order valence-corrected chi connectivity index (χ2v) is 8.90. The number of benzene rings is 3. The third-order valence-electron chi connectivity index (χ3n) is 6.58. The molecule has 1 aliphatic carbocycles. The monoisotopic (exact) mass is 474 g/mol. The van der Waals surface area contributed by atoms with E-state index in [2.05, 4.69) is 10.6 Å². The van der Waals surface area contributed by atoms with E-state index >= 15 is 0 Å². The van der Waals surface area contributed by atoms with E-state index in [1.807, 2.05) is 67.6 Å². The highest BCUT2D eigenvalue weighted by atomic mass is 16.7. The highest BCUT2D eigenvalue weighted by molar-refractivity contribution is 6.02. The minimum Gasteiger partial charge on any atom is -0.454 e. The number of fused-ring (bicyclic) bond motifs is 1. The van der Waals surface area contributed by atoms with Gasteiger partial charge in [0.25, 0.3) is 0 Å². The summed E-state index contributed by atoms with van der Waals surface area (Å²) >= 11 is 0. The van der Waals surface area contributed by atoms with Gasteiger partial charge in [-0.15, -0.1) is 0 Å². The third kappa shape index (κ3) is 4.67. The first kappa shape index (κ1) is 22.8. The highest BCUT2D eigenvalue weighted by Crippen LogP contribution is 2.51. The van der Waals surface area contributed by atoms with Crippen molar-refractivity contribution in [2.24, 2.45) is 0 Å². The van der Waals surface area contributed by atoms with E-state index in [0.717, 1.165) is 52.1 Å². The van der Waals surface area contributed by atoms with Gasteiger partial charge in [-0.1, -0.05) is 36.4 Å². The Hall–Kier alpha value is -4.00. The van der Waals surface area contributed by atoms with Crippen LogP contribution in [0.4, 0.5) is 10.5 Å². The Bertz CT molecular complexity index is 1270. The summed E-state index contributed by atoms with van der Waals surface area (Å²) < 4.78 is 15.8. The van der Waals surface area contributed by atoms with Gasteiger partial charge in [-0.25, -0.2) is 4.79 Å². The molecule has 0 saturated heterocycles. The fourth-order valence-corrected chi connectivity index (χ4v) is 4.39. The van der Waals surface area contributed by atoms with Crippen LogP contribution >= 0.6 is 0 Å². The van der Waals surface area contributed by atoms with Gasteiger partial charge in [-0.05, 0) is 78.8 Å². The Labute approximate surface area is 205 Å². The Morgan fingerprint density at radius 3 is 2.51 bits per heavy atom. The number of aryl methyl sites for hydroxylation is 1. The smallest absolute Gasteiger partial charge is 0.407 e. The summed E-state index contributed by atoms with van der Waals surface area (Å²) in [6.07, 6.45) is 1.18. The maximum Gasteiger partial charge on any atom is 0.407 e. The van der Waals surface area contributed by atoms with Gasteiger partial charge < -0.3 is 24.8 Å². The number of anilines is 1. The van der Waals surface area contributed by atoms with E-state index in [1.54, 1.807) is 6.92 Å². The summed E-state index contributed by atoms with van der Waals surface area (Å²) in [6, 6.07) is 19.7.